The molecule has 4 aliphatic rings. The standard InChI is InChI=1S/C21H26N6O/c28-21(18-10-24-25-20(18)16-4-2-1-3-5-16)27-13-15-6-7-17(27)14-26(12-15)19-11-22-8-9-23-19/h1-5,8-9,11,15,17-18,20,24-25H,6-7,10,12-14H2/t15-,17+,18?,20?/m0/s1. The van der Waals surface area contributed by atoms with Gasteiger partial charge < -0.3 is 9.80 Å². The number of nitrogens with zero attached hydrogens (tertiary/aromatic N) is 4. The van der Waals surface area contributed by atoms with Crippen LogP contribution in [0.2, 0.25) is 0 Å². The van der Waals surface area contributed by atoms with Crippen molar-refractivity contribution in [3.05, 3.63) is 54.5 Å². The minimum Gasteiger partial charge on any atom is -0.353 e. The van der Waals surface area contributed by atoms with E-state index >= 15 is 0 Å². The van der Waals surface area contributed by atoms with E-state index in [1.165, 1.54) is 6.42 Å². The Morgan fingerprint density at radius 2 is 1.96 bits per heavy atom. The van der Waals surface area contributed by atoms with Crippen LogP contribution >= 0.6 is 0 Å². The van der Waals surface area contributed by atoms with Crippen LogP contribution in [0, 0.1) is 11.8 Å². The first kappa shape index (κ1) is 17.6. The molecule has 2 N–H and O–H groups in total. The zero-order valence-electron chi connectivity index (χ0n) is 15.9. The van der Waals surface area contributed by atoms with Gasteiger partial charge in [0.25, 0.3) is 0 Å². The van der Waals surface area contributed by atoms with Crippen molar-refractivity contribution in [3.63, 3.8) is 0 Å². The number of hydrogen-bond donors (Lipinski definition) is 2. The maximum Gasteiger partial charge on any atom is 0.229 e. The van der Waals surface area contributed by atoms with Crippen LogP contribution < -0.4 is 15.8 Å². The summed E-state index contributed by atoms with van der Waals surface area (Å²) in [6.45, 7) is 3.30. The Hall–Kier alpha value is -2.51. The van der Waals surface area contributed by atoms with E-state index in [0.717, 1.165) is 37.4 Å². The molecule has 2 bridgehead atoms. The first-order chi connectivity index (χ1) is 13.8. The monoisotopic (exact) mass is 378 g/mol. The number of piperidine rings is 1. The van der Waals surface area contributed by atoms with E-state index in [4.69, 9.17) is 0 Å². The average molecular weight is 378 g/mol. The molecule has 1 aromatic heterocycles. The molecule has 4 saturated heterocycles. The topological polar surface area (TPSA) is 73.4 Å². The number of benzene rings is 1. The molecule has 28 heavy (non-hydrogen) atoms. The normalized spacial score (nSPS) is 29.7. The maximum atomic E-state index is 13.6. The minimum absolute atomic E-state index is 0.0200. The Morgan fingerprint density at radius 1 is 1.07 bits per heavy atom. The molecule has 6 rings (SSSR count). The number of carbonyl (C=O) groups is 1. The highest BCUT2D eigenvalue weighted by Crippen LogP contribution is 2.33. The molecule has 7 heteroatoms. The van der Waals surface area contributed by atoms with Gasteiger partial charge in [-0.3, -0.25) is 15.2 Å². The molecular formula is C21H26N6O. The number of nitrogens with one attached hydrogen (secondary N) is 2. The molecular weight excluding hydrogens is 352 g/mol. The molecule has 1 amide bonds. The highest BCUT2D eigenvalue weighted by Gasteiger charge is 2.43. The fourth-order valence-corrected chi connectivity index (χ4v) is 4.91. The maximum absolute atomic E-state index is 13.6. The highest BCUT2D eigenvalue weighted by molar-refractivity contribution is 5.81. The summed E-state index contributed by atoms with van der Waals surface area (Å²) in [6.07, 6.45) is 7.51. The number of amides is 1. The number of aromatic nitrogens is 2. The van der Waals surface area contributed by atoms with Gasteiger partial charge in [-0.25, -0.2) is 10.4 Å². The lowest BCUT2D eigenvalue weighted by Crippen LogP contribution is -2.50. The third-order valence-corrected chi connectivity index (χ3v) is 6.33. The van der Waals surface area contributed by atoms with Crippen LogP contribution in [0.4, 0.5) is 5.82 Å². The predicted octanol–water partition coefficient (Wildman–Crippen LogP) is 1.37. The van der Waals surface area contributed by atoms with Crippen molar-refractivity contribution >= 4 is 11.7 Å². The number of carbonyl (C=O) groups excluding carboxylic acids is 1. The predicted molar refractivity (Wildman–Crippen MR) is 106 cm³/mol. The highest BCUT2D eigenvalue weighted by atomic mass is 16.2. The van der Waals surface area contributed by atoms with Crippen LogP contribution in [0.1, 0.15) is 24.4 Å². The van der Waals surface area contributed by atoms with Gasteiger partial charge in [0.1, 0.15) is 5.82 Å². The van der Waals surface area contributed by atoms with Gasteiger partial charge in [-0.1, -0.05) is 30.3 Å². The smallest absolute Gasteiger partial charge is 0.229 e. The van der Waals surface area contributed by atoms with Crippen LogP contribution in [0.5, 0.6) is 0 Å². The molecule has 0 saturated carbocycles. The van der Waals surface area contributed by atoms with Crippen molar-refractivity contribution in [3.8, 4) is 0 Å². The summed E-state index contributed by atoms with van der Waals surface area (Å²) in [4.78, 5) is 26.7. The number of hydrogen-bond acceptors (Lipinski definition) is 6. The number of hydrazine groups is 1. The molecule has 0 radical (unpaired) electrons. The summed E-state index contributed by atoms with van der Waals surface area (Å²) < 4.78 is 0. The van der Waals surface area contributed by atoms with Crippen molar-refractivity contribution in [2.24, 2.45) is 11.8 Å². The molecule has 1 aromatic carbocycles. The van der Waals surface area contributed by atoms with Crippen molar-refractivity contribution in [2.45, 2.75) is 24.9 Å². The molecule has 7 nitrogen and oxygen atoms in total. The van der Waals surface area contributed by atoms with E-state index in [-0.39, 0.29) is 23.9 Å². The first-order valence-corrected chi connectivity index (χ1v) is 10.1. The van der Waals surface area contributed by atoms with Gasteiger partial charge in [-0.2, -0.15) is 0 Å². The number of rotatable bonds is 3. The molecule has 2 aromatic rings. The summed E-state index contributed by atoms with van der Waals surface area (Å²) in [7, 11) is 0. The molecule has 4 atom stereocenters. The van der Waals surface area contributed by atoms with Crippen molar-refractivity contribution in [2.75, 3.05) is 31.1 Å². The lowest BCUT2D eigenvalue weighted by Gasteiger charge is -2.38. The fourth-order valence-electron chi connectivity index (χ4n) is 4.91. The van der Waals surface area contributed by atoms with Crippen LogP contribution in [-0.2, 0) is 4.79 Å². The quantitative estimate of drug-likeness (QED) is 0.841. The van der Waals surface area contributed by atoms with E-state index in [2.05, 4.69) is 42.8 Å². The first-order valence-electron chi connectivity index (χ1n) is 10.1. The second-order valence-corrected chi connectivity index (χ2v) is 8.08. The fraction of sp³-hybridized carbons (Fsp3) is 0.476. The van der Waals surface area contributed by atoms with E-state index in [1.54, 1.807) is 12.4 Å². The second-order valence-electron chi connectivity index (χ2n) is 8.08. The van der Waals surface area contributed by atoms with E-state index in [0.29, 0.717) is 12.5 Å². The average Bonchev–Trinajstić information content (AvgIpc) is 3.06. The Bertz CT molecular complexity index is 816. The van der Waals surface area contributed by atoms with Crippen molar-refractivity contribution in [1.82, 2.24) is 25.7 Å². The molecule has 0 spiro atoms. The zero-order valence-corrected chi connectivity index (χ0v) is 15.9. The van der Waals surface area contributed by atoms with Gasteiger partial charge in [0.15, 0.2) is 0 Å². The molecule has 4 aliphatic heterocycles. The van der Waals surface area contributed by atoms with E-state index in [9.17, 15) is 4.79 Å². The Balaban J connectivity index is 1.36. The summed E-state index contributed by atoms with van der Waals surface area (Å²) in [5.74, 6) is 1.59. The van der Waals surface area contributed by atoms with Crippen LogP contribution in [0.15, 0.2) is 48.9 Å². The summed E-state index contributed by atoms with van der Waals surface area (Å²) in [6, 6.07) is 10.5. The SMILES string of the molecule is O=C(C1CNNC1c1ccccc1)N1C[C@H]2CC[C@@H]1CN(c1cnccn1)C2. The van der Waals surface area contributed by atoms with Crippen LogP contribution in [-0.4, -0.2) is 53.0 Å². The van der Waals surface area contributed by atoms with Crippen LogP contribution in [0.3, 0.4) is 0 Å². The van der Waals surface area contributed by atoms with Crippen molar-refractivity contribution in [1.29, 1.82) is 0 Å². The van der Waals surface area contributed by atoms with Crippen molar-refractivity contribution < 1.29 is 4.79 Å². The molecule has 4 fully saturated rings. The van der Waals surface area contributed by atoms with Gasteiger partial charge in [-0.05, 0) is 24.3 Å². The largest absolute Gasteiger partial charge is 0.353 e. The molecule has 5 heterocycles. The minimum atomic E-state index is -0.0771. The van der Waals surface area contributed by atoms with Crippen LogP contribution in [0.25, 0.3) is 0 Å². The van der Waals surface area contributed by atoms with Gasteiger partial charge in [0.05, 0.1) is 18.2 Å². The Labute approximate surface area is 165 Å². The summed E-state index contributed by atoms with van der Waals surface area (Å²) in [5.41, 5.74) is 7.68. The second kappa shape index (κ2) is 7.48. The molecule has 146 valence electrons. The van der Waals surface area contributed by atoms with E-state index in [1.807, 2.05) is 24.4 Å². The molecule has 2 unspecified atom stereocenters. The third kappa shape index (κ3) is 3.25. The number of anilines is 1. The Morgan fingerprint density at radius 3 is 2.79 bits per heavy atom. The zero-order chi connectivity index (χ0) is 18.9. The lowest BCUT2D eigenvalue weighted by atomic mass is 9.90. The van der Waals surface area contributed by atoms with Gasteiger partial charge in [-0.15, -0.1) is 0 Å². The van der Waals surface area contributed by atoms with E-state index < -0.39 is 0 Å². The Kier molecular flexibility index (Phi) is 4.70. The lowest BCUT2D eigenvalue weighted by molar-refractivity contribution is -0.139. The van der Waals surface area contributed by atoms with Gasteiger partial charge in [0, 0.05) is 44.6 Å². The summed E-state index contributed by atoms with van der Waals surface area (Å²) in [5, 5.41) is 0. The summed E-state index contributed by atoms with van der Waals surface area (Å²) >= 11 is 0. The van der Waals surface area contributed by atoms with Gasteiger partial charge >= 0.3 is 0 Å². The third-order valence-electron chi connectivity index (χ3n) is 6.33. The number of fused-ring (bicyclic) bond motifs is 4. The van der Waals surface area contributed by atoms with Gasteiger partial charge in [0.2, 0.25) is 5.91 Å². The molecule has 0 aliphatic carbocycles.